The van der Waals surface area contributed by atoms with Crippen LogP contribution in [0.4, 0.5) is 0 Å². The molecule has 0 heterocycles. The van der Waals surface area contributed by atoms with Crippen LogP contribution < -0.4 is 4.74 Å². The highest BCUT2D eigenvalue weighted by atomic mass is 16.5. The number of amides is 1. The number of hydrogen-bond donors (Lipinski definition) is 0. The summed E-state index contributed by atoms with van der Waals surface area (Å²) in [7, 11) is 1.81. The lowest BCUT2D eigenvalue weighted by Gasteiger charge is -2.17. The van der Waals surface area contributed by atoms with Crippen molar-refractivity contribution in [3.8, 4) is 5.75 Å². The predicted molar refractivity (Wildman–Crippen MR) is 64.5 cm³/mol. The Balaban J connectivity index is 2.23. The van der Waals surface area contributed by atoms with Gasteiger partial charge in [0.05, 0.1) is 6.54 Å². The van der Waals surface area contributed by atoms with Gasteiger partial charge in [0.2, 0.25) is 5.91 Å². The topological polar surface area (TPSA) is 29.5 Å². The van der Waals surface area contributed by atoms with Crippen molar-refractivity contribution in [2.45, 2.75) is 19.8 Å². The van der Waals surface area contributed by atoms with Gasteiger partial charge in [-0.1, -0.05) is 25.1 Å². The molecular weight excluding hydrogens is 202 g/mol. The van der Waals surface area contributed by atoms with E-state index in [0.29, 0.717) is 19.6 Å². The van der Waals surface area contributed by atoms with Gasteiger partial charge in [0.15, 0.2) is 0 Å². The van der Waals surface area contributed by atoms with E-state index in [2.05, 4.69) is 0 Å². The molecule has 0 fully saturated rings. The molecule has 1 amide bonds. The first-order chi connectivity index (χ1) is 7.74. The average Bonchev–Trinajstić information content (AvgIpc) is 2.30. The monoisotopic (exact) mass is 221 g/mol. The third-order valence-electron chi connectivity index (χ3n) is 2.33. The molecule has 0 spiro atoms. The highest BCUT2D eigenvalue weighted by Crippen LogP contribution is 2.07. The summed E-state index contributed by atoms with van der Waals surface area (Å²) in [5.41, 5.74) is 0. The van der Waals surface area contributed by atoms with E-state index in [9.17, 15) is 4.79 Å². The molecule has 1 rings (SSSR count). The van der Waals surface area contributed by atoms with Gasteiger partial charge in [-0.05, 0) is 18.6 Å². The van der Waals surface area contributed by atoms with Crippen molar-refractivity contribution in [1.29, 1.82) is 0 Å². The van der Waals surface area contributed by atoms with Crippen LogP contribution >= 0.6 is 0 Å². The Hall–Kier alpha value is -1.51. The molecule has 1 aromatic rings. The number of likely N-dealkylation sites (N-methyl/N-ethyl adjacent to an activating group) is 1. The molecule has 0 saturated heterocycles. The largest absolute Gasteiger partial charge is 0.492 e. The van der Waals surface area contributed by atoms with Gasteiger partial charge in [-0.3, -0.25) is 4.79 Å². The highest BCUT2D eigenvalue weighted by Gasteiger charge is 2.06. The lowest BCUT2D eigenvalue weighted by molar-refractivity contribution is -0.130. The summed E-state index contributed by atoms with van der Waals surface area (Å²) in [4.78, 5) is 13.2. The first-order valence-corrected chi connectivity index (χ1v) is 5.66. The van der Waals surface area contributed by atoms with Crippen LogP contribution in [0.1, 0.15) is 19.8 Å². The van der Waals surface area contributed by atoms with Gasteiger partial charge in [0.1, 0.15) is 12.4 Å². The van der Waals surface area contributed by atoms with Crippen LogP contribution in [0.15, 0.2) is 30.3 Å². The van der Waals surface area contributed by atoms with Crippen LogP contribution in [0.2, 0.25) is 0 Å². The second kappa shape index (κ2) is 6.88. The molecule has 0 N–H and O–H groups in total. The van der Waals surface area contributed by atoms with E-state index in [1.54, 1.807) is 4.90 Å². The van der Waals surface area contributed by atoms with Crippen molar-refractivity contribution < 1.29 is 9.53 Å². The molecule has 3 nitrogen and oxygen atoms in total. The predicted octanol–water partition coefficient (Wildman–Crippen LogP) is 2.32. The zero-order valence-electron chi connectivity index (χ0n) is 9.98. The molecule has 0 atom stereocenters. The number of para-hydroxylation sites is 1. The summed E-state index contributed by atoms with van der Waals surface area (Å²) in [5.74, 6) is 1.03. The van der Waals surface area contributed by atoms with Gasteiger partial charge in [0, 0.05) is 13.5 Å². The molecule has 0 bridgehead atoms. The van der Waals surface area contributed by atoms with Gasteiger partial charge in [-0.2, -0.15) is 0 Å². The van der Waals surface area contributed by atoms with E-state index in [4.69, 9.17) is 4.74 Å². The van der Waals surface area contributed by atoms with Gasteiger partial charge >= 0.3 is 0 Å². The normalized spacial score (nSPS) is 9.88. The molecule has 0 aliphatic rings. The Morgan fingerprint density at radius 2 is 2.00 bits per heavy atom. The molecule has 0 saturated carbocycles. The minimum atomic E-state index is 0.180. The molecule has 0 unspecified atom stereocenters. The number of hydrogen-bond acceptors (Lipinski definition) is 2. The van der Waals surface area contributed by atoms with Crippen LogP contribution in [0.25, 0.3) is 0 Å². The van der Waals surface area contributed by atoms with Crippen molar-refractivity contribution in [1.82, 2.24) is 4.90 Å². The molecule has 3 heteroatoms. The zero-order chi connectivity index (χ0) is 11.8. The Bertz CT molecular complexity index is 311. The highest BCUT2D eigenvalue weighted by molar-refractivity contribution is 5.75. The SMILES string of the molecule is CCCC(=O)N(C)CCOc1ccccc1. The van der Waals surface area contributed by atoms with Crippen molar-refractivity contribution in [2.24, 2.45) is 0 Å². The number of carbonyl (C=O) groups is 1. The van der Waals surface area contributed by atoms with Crippen molar-refractivity contribution in [2.75, 3.05) is 20.2 Å². The first kappa shape index (κ1) is 12.6. The fourth-order valence-electron chi connectivity index (χ4n) is 1.35. The summed E-state index contributed by atoms with van der Waals surface area (Å²) in [5, 5.41) is 0. The molecule has 1 aromatic carbocycles. The Kier molecular flexibility index (Phi) is 5.40. The fraction of sp³-hybridized carbons (Fsp3) is 0.462. The maximum absolute atomic E-state index is 11.5. The van der Waals surface area contributed by atoms with E-state index in [0.717, 1.165) is 12.2 Å². The van der Waals surface area contributed by atoms with E-state index < -0.39 is 0 Å². The molecule has 0 aromatic heterocycles. The van der Waals surface area contributed by atoms with E-state index in [-0.39, 0.29) is 5.91 Å². The standard InChI is InChI=1S/C13H19NO2/c1-3-7-13(15)14(2)10-11-16-12-8-5-4-6-9-12/h4-6,8-9H,3,7,10-11H2,1-2H3. The summed E-state index contributed by atoms with van der Waals surface area (Å²) in [6.07, 6.45) is 1.50. The van der Waals surface area contributed by atoms with Gasteiger partial charge < -0.3 is 9.64 Å². The summed E-state index contributed by atoms with van der Waals surface area (Å²) < 4.78 is 5.51. The Morgan fingerprint density at radius 1 is 1.31 bits per heavy atom. The van der Waals surface area contributed by atoms with E-state index >= 15 is 0 Å². The lowest BCUT2D eigenvalue weighted by atomic mass is 10.3. The van der Waals surface area contributed by atoms with E-state index in [1.165, 1.54) is 0 Å². The average molecular weight is 221 g/mol. The van der Waals surface area contributed by atoms with Crippen molar-refractivity contribution >= 4 is 5.91 Å². The molecular formula is C13H19NO2. The number of benzene rings is 1. The summed E-state index contributed by atoms with van der Waals surface area (Å²) >= 11 is 0. The molecule has 16 heavy (non-hydrogen) atoms. The fourth-order valence-corrected chi connectivity index (χ4v) is 1.35. The maximum Gasteiger partial charge on any atom is 0.222 e. The molecule has 0 aliphatic heterocycles. The van der Waals surface area contributed by atoms with Crippen LogP contribution in [0.3, 0.4) is 0 Å². The van der Waals surface area contributed by atoms with Crippen LogP contribution in [0.5, 0.6) is 5.75 Å². The minimum Gasteiger partial charge on any atom is -0.492 e. The molecule has 88 valence electrons. The Morgan fingerprint density at radius 3 is 2.62 bits per heavy atom. The first-order valence-electron chi connectivity index (χ1n) is 5.66. The summed E-state index contributed by atoms with van der Waals surface area (Å²) in [6.45, 7) is 3.18. The number of carbonyl (C=O) groups excluding carboxylic acids is 1. The number of nitrogens with zero attached hydrogens (tertiary/aromatic N) is 1. The maximum atomic E-state index is 11.5. The molecule has 0 radical (unpaired) electrons. The third-order valence-corrected chi connectivity index (χ3v) is 2.33. The lowest BCUT2D eigenvalue weighted by Crippen LogP contribution is -2.30. The number of rotatable bonds is 6. The van der Waals surface area contributed by atoms with Crippen molar-refractivity contribution in [3.05, 3.63) is 30.3 Å². The second-order valence-corrected chi connectivity index (χ2v) is 3.73. The summed E-state index contributed by atoms with van der Waals surface area (Å²) in [6, 6.07) is 9.63. The smallest absolute Gasteiger partial charge is 0.222 e. The van der Waals surface area contributed by atoms with Gasteiger partial charge in [-0.15, -0.1) is 0 Å². The molecule has 0 aliphatic carbocycles. The second-order valence-electron chi connectivity index (χ2n) is 3.73. The van der Waals surface area contributed by atoms with E-state index in [1.807, 2.05) is 44.3 Å². The third kappa shape index (κ3) is 4.34. The van der Waals surface area contributed by atoms with Crippen molar-refractivity contribution in [3.63, 3.8) is 0 Å². The van der Waals surface area contributed by atoms with Crippen LogP contribution in [-0.4, -0.2) is 31.0 Å². The van der Waals surface area contributed by atoms with Crippen LogP contribution in [0, 0.1) is 0 Å². The Labute approximate surface area is 97.0 Å². The quantitative estimate of drug-likeness (QED) is 0.737. The zero-order valence-corrected chi connectivity index (χ0v) is 9.98. The van der Waals surface area contributed by atoms with Crippen LogP contribution in [-0.2, 0) is 4.79 Å². The number of ether oxygens (including phenoxy) is 1. The minimum absolute atomic E-state index is 0.180. The van der Waals surface area contributed by atoms with Gasteiger partial charge in [-0.25, -0.2) is 0 Å². The van der Waals surface area contributed by atoms with Gasteiger partial charge in [0.25, 0.3) is 0 Å².